The molecule has 1 heterocycles. The zero-order chi connectivity index (χ0) is 15.5. The molecule has 1 fully saturated rings. The summed E-state index contributed by atoms with van der Waals surface area (Å²) in [7, 11) is 0. The number of hydrogen-bond donors (Lipinski definition) is 1. The van der Waals surface area contributed by atoms with Crippen molar-refractivity contribution in [3.8, 4) is 0 Å². The van der Waals surface area contributed by atoms with Crippen LogP contribution >= 0.6 is 0 Å². The molecule has 0 unspecified atom stereocenters. The van der Waals surface area contributed by atoms with Crippen LogP contribution in [0.3, 0.4) is 0 Å². The Balaban J connectivity index is 1.91. The Morgan fingerprint density at radius 1 is 1.48 bits per heavy atom. The summed E-state index contributed by atoms with van der Waals surface area (Å²) in [6.45, 7) is 6.90. The number of amides is 1. The number of likely N-dealkylation sites (tertiary alicyclic amines) is 1. The molecule has 4 nitrogen and oxygen atoms in total. The summed E-state index contributed by atoms with van der Waals surface area (Å²) in [6, 6.07) is 6.43. The minimum absolute atomic E-state index is 0.0862. The van der Waals surface area contributed by atoms with Crippen molar-refractivity contribution in [2.24, 2.45) is 0 Å². The van der Waals surface area contributed by atoms with Crippen molar-refractivity contribution in [2.75, 3.05) is 18.4 Å². The lowest BCUT2D eigenvalue weighted by atomic mass is 10.2. The van der Waals surface area contributed by atoms with Gasteiger partial charge in [-0.2, -0.15) is 0 Å². The Labute approximate surface area is 125 Å². The number of anilines is 1. The number of carbonyl (C=O) groups excluding carboxylic acids is 1. The molecule has 1 aromatic rings. The fourth-order valence-corrected chi connectivity index (χ4v) is 2.44. The van der Waals surface area contributed by atoms with Crippen LogP contribution in [0.4, 0.5) is 14.9 Å². The highest BCUT2D eigenvalue weighted by molar-refractivity contribution is 5.69. The van der Waals surface area contributed by atoms with Crippen molar-refractivity contribution in [1.82, 2.24) is 4.90 Å². The van der Waals surface area contributed by atoms with E-state index in [9.17, 15) is 9.18 Å². The first-order valence-corrected chi connectivity index (χ1v) is 7.34. The Bertz CT molecular complexity index is 499. The highest BCUT2D eigenvalue weighted by Crippen LogP contribution is 2.21. The maximum Gasteiger partial charge on any atom is 0.410 e. The summed E-state index contributed by atoms with van der Waals surface area (Å²) in [5.74, 6) is -0.268. The maximum absolute atomic E-state index is 13.1. The fourth-order valence-electron chi connectivity index (χ4n) is 2.44. The van der Waals surface area contributed by atoms with E-state index < -0.39 is 5.60 Å². The normalized spacial score (nSPS) is 18.7. The summed E-state index contributed by atoms with van der Waals surface area (Å²) in [4.78, 5) is 13.9. The molecule has 1 saturated heterocycles. The van der Waals surface area contributed by atoms with Crippen molar-refractivity contribution in [2.45, 2.75) is 45.3 Å². The van der Waals surface area contributed by atoms with E-state index in [0.717, 1.165) is 18.5 Å². The van der Waals surface area contributed by atoms with E-state index >= 15 is 0 Å². The summed E-state index contributed by atoms with van der Waals surface area (Å²) < 4.78 is 18.6. The number of hydrogen-bond acceptors (Lipinski definition) is 3. The van der Waals surface area contributed by atoms with Crippen LogP contribution in [0.2, 0.25) is 0 Å². The van der Waals surface area contributed by atoms with Crippen molar-refractivity contribution in [1.29, 1.82) is 0 Å². The number of benzene rings is 1. The first kappa shape index (κ1) is 15.6. The van der Waals surface area contributed by atoms with Crippen LogP contribution in [0.5, 0.6) is 0 Å². The molecule has 1 aliphatic heterocycles. The number of ether oxygens (including phenoxy) is 1. The number of carbonyl (C=O) groups is 1. The molecule has 1 aromatic carbocycles. The Hall–Kier alpha value is -1.78. The maximum atomic E-state index is 13.1. The van der Waals surface area contributed by atoms with Crippen LogP contribution in [0, 0.1) is 5.82 Å². The monoisotopic (exact) mass is 294 g/mol. The van der Waals surface area contributed by atoms with Crippen molar-refractivity contribution in [3.63, 3.8) is 0 Å². The third kappa shape index (κ3) is 4.62. The molecule has 0 aliphatic carbocycles. The lowest BCUT2D eigenvalue weighted by Crippen LogP contribution is -2.42. The smallest absolute Gasteiger partial charge is 0.410 e. The van der Waals surface area contributed by atoms with Crippen molar-refractivity contribution < 1.29 is 13.9 Å². The van der Waals surface area contributed by atoms with Crippen LogP contribution in [0.25, 0.3) is 0 Å². The second-order valence-electron chi connectivity index (χ2n) is 6.36. The summed E-state index contributed by atoms with van der Waals surface area (Å²) in [6.07, 6.45) is 1.63. The van der Waals surface area contributed by atoms with Gasteiger partial charge in [-0.3, -0.25) is 0 Å². The molecule has 2 rings (SSSR count). The van der Waals surface area contributed by atoms with E-state index in [0.29, 0.717) is 13.1 Å². The zero-order valence-corrected chi connectivity index (χ0v) is 12.9. The Morgan fingerprint density at radius 2 is 2.24 bits per heavy atom. The van der Waals surface area contributed by atoms with Gasteiger partial charge >= 0.3 is 6.09 Å². The quantitative estimate of drug-likeness (QED) is 0.925. The molecule has 1 aliphatic rings. The average Bonchev–Trinajstić information content (AvgIpc) is 2.83. The predicted molar refractivity (Wildman–Crippen MR) is 80.9 cm³/mol. The second-order valence-corrected chi connectivity index (χ2v) is 6.36. The third-order valence-electron chi connectivity index (χ3n) is 3.37. The lowest BCUT2D eigenvalue weighted by molar-refractivity contribution is 0.0235. The summed E-state index contributed by atoms with van der Waals surface area (Å²) in [5, 5.41) is 3.19. The Morgan fingerprint density at radius 3 is 2.90 bits per heavy atom. The van der Waals surface area contributed by atoms with Gasteiger partial charge in [-0.25, -0.2) is 9.18 Å². The first-order chi connectivity index (χ1) is 9.85. The van der Waals surface area contributed by atoms with Crippen molar-refractivity contribution >= 4 is 11.8 Å². The molecule has 0 bridgehead atoms. The van der Waals surface area contributed by atoms with E-state index in [2.05, 4.69) is 5.32 Å². The fraction of sp³-hybridized carbons (Fsp3) is 0.562. The van der Waals surface area contributed by atoms with Crippen molar-refractivity contribution in [3.05, 3.63) is 30.1 Å². The molecule has 116 valence electrons. The van der Waals surface area contributed by atoms with Crippen LogP contribution in [0.15, 0.2) is 24.3 Å². The second kappa shape index (κ2) is 6.33. The van der Waals surface area contributed by atoms with Gasteiger partial charge in [0.25, 0.3) is 0 Å². The molecule has 1 atom stereocenters. The van der Waals surface area contributed by atoms with Gasteiger partial charge in [-0.1, -0.05) is 6.07 Å². The number of rotatable bonds is 3. The molecule has 5 heteroatoms. The molecule has 1 N–H and O–H groups in total. The first-order valence-electron chi connectivity index (χ1n) is 7.34. The van der Waals surface area contributed by atoms with Crippen LogP contribution in [0.1, 0.15) is 33.6 Å². The molecule has 0 saturated carbocycles. The van der Waals surface area contributed by atoms with Gasteiger partial charge in [0.1, 0.15) is 11.4 Å². The van der Waals surface area contributed by atoms with E-state index in [1.54, 1.807) is 11.0 Å². The predicted octanol–water partition coefficient (Wildman–Crippen LogP) is 3.64. The highest BCUT2D eigenvalue weighted by Gasteiger charge is 2.31. The van der Waals surface area contributed by atoms with E-state index in [1.807, 2.05) is 26.8 Å². The highest BCUT2D eigenvalue weighted by atomic mass is 19.1. The molecule has 0 radical (unpaired) electrons. The number of nitrogens with zero attached hydrogens (tertiary/aromatic N) is 1. The molecule has 21 heavy (non-hydrogen) atoms. The zero-order valence-electron chi connectivity index (χ0n) is 12.9. The van der Waals surface area contributed by atoms with Crippen LogP contribution in [-0.2, 0) is 4.74 Å². The molecular weight excluding hydrogens is 271 g/mol. The van der Waals surface area contributed by atoms with Gasteiger partial charge < -0.3 is 15.0 Å². The van der Waals surface area contributed by atoms with Gasteiger partial charge in [-0.05, 0) is 51.8 Å². The molecule has 1 amide bonds. The molecular formula is C16H23FN2O2. The topological polar surface area (TPSA) is 41.6 Å². The van der Waals surface area contributed by atoms with Gasteiger partial charge in [0.15, 0.2) is 0 Å². The average molecular weight is 294 g/mol. The summed E-state index contributed by atoms with van der Waals surface area (Å²) in [5.41, 5.74) is 0.242. The number of halogens is 1. The minimum atomic E-state index is -0.486. The van der Waals surface area contributed by atoms with Gasteiger partial charge in [0.05, 0.1) is 6.04 Å². The van der Waals surface area contributed by atoms with E-state index in [-0.39, 0.29) is 18.0 Å². The molecule has 0 aromatic heterocycles. The summed E-state index contributed by atoms with van der Waals surface area (Å²) >= 11 is 0. The third-order valence-corrected chi connectivity index (χ3v) is 3.37. The van der Waals surface area contributed by atoms with Crippen LogP contribution in [-0.4, -0.2) is 35.7 Å². The lowest BCUT2D eigenvalue weighted by Gasteiger charge is -2.28. The Kier molecular flexibility index (Phi) is 4.70. The standard InChI is InChI=1S/C16H23FN2O2/c1-16(2,3)21-15(20)19-9-5-8-14(19)11-18-13-7-4-6-12(17)10-13/h4,6-7,10,14,18H,5,8-9,11H2,1-3H3/t14-/m1/s1. The van der Waals surface area contributed by atoms with E-state index in [4.69, 9.17) is 4.74 Å². The molecule has 0 spiro atoms. The number of nitrogens with one attached hydrogen (secondary N) is 1. The van der Waals surface area contributed by atoms with Gasteiger partial charge in [-0.15, -0.1) is 0 Å². The largest absolute Gasteiger partial charge is 0.444 e. The van der Waals surface area contributed by atoms with E-state index in [1.165, 1.54) is 12.1 Å². The minimum Gasteiger partial charge on any atom is -0.444 e. The SMILES string of the molecule is CC(C)(C)OC(=O)N1CCC[C@@H]1CNc1cccc(F)c1. The van der Waals surface area contributed by atoms with Gasteiger partial charge in [0, 0.05) is 18.8 Å². The van der Waals surface area contributed by atoms with Crippen LogP contribution < -0.4 is 5.32 Å². The van der Waals surface area contributed by atoms with Gasteiger partial charge in [0.2, 0.25) is 0 Å².